The van der Waals surface area contributed by atoms with Crippen LogP contribution in [0.1, 0.15) is 76.7 Å². The summed E-state index contributed by atoms with van der Waals surface area (Å²) in [4.78, 5) is 40.3. The fourth-order valence-electron chi connectivity index (χ4n) is 8.85. The largest absolute Gasteiger partial charge is 0.400 e. The van der Waals surface area contributed by atoms with E-state index >= 15 is 0 Å². The highest BCUT2D eigenvalue weighted by molar-refractivity contribution is 5.83. The van der Waals surface area contributed by atoms with E-state index in [-0.39, 0.29) is 30.0 Å². The predicted octanol–water partition coefficient (Wildman–Crippen LogP) is 4.61. The van der Waals surface area contributed by atoms with Gasteiger partial charge in [-0.2, -0.15) is 0 Å². The predicted molar refractivity (Wildman–Crippen MR) is 228 cm³/mol. The summed E-state index contributed by atoms with van der Waals surface area (Å²) in [6, 6.07) is 17.9. The van der Waals surface area contributed by atoms with E-state index in [1.165, 1.54) is 26.4 Å². The number of aromatic nitrogens is 2. The Bertz CT molecular complexity index is 1740. The van der Waals surface area contributed by atoms with Crippen molar-refractivity contribution in [3.63, 3.8) is 0 Å². The molecule has 9 unspecified atom stereocenters. The maximum absolute atomic E-state index is 13.4. The summed E-state index contributed by atoms with van der Waals surface area (Å²) in [6.45, 7) is 10.4. The van der Waals surface area contributed by atoms with Crippen LogP contribution in [0.4, 0.5) is 0 Å². The Morgan fingerprint density at radius 1 is 0.965 bits per heavy atom. The number of fused-ring (bicyclic) bond motifs is 4. The number of rotatable bonds is 13. The number of ether oxygens (including phenoxy) is 1. The van der Waals surface area contributed by atoms with Crippen LogP contribution >= 0.6 is 0 Å². The third-order valence-electron chi connectivity index (χ3n) is 12.3. The Labute approximate surface area is 339 Å². The molecule has 2 saturated carbocycles. The number of hydrogen-bond donors (Lipinski definition) is 6. The highest BCUT2D eigenvalue weighted by Crippen LogP contribution is 2.50. The zero-order valence-corrected chi connectivity index (χ0v) is 34.8. The first kappa shape index (κ1) is 45.5. The number of methoxy groups -OCH3 is 1. The quantitative estimate of drug-likeness (QED) is 0.105. The van der Waals surface area contributed by atoms with Gasteiger partial charge in [-0.3, -0.25) is 14.7 Å². The number of imidazole rings is 1. The molecule has 1 aromatic heterocycles. The number of aromatic amines is 1. The first-order valence-electron chi connectivity index (χ1n) is 20.1. The molecule has 4 bridgehead atoms. The molecule has 2 aliphatic heterocycles. The Morgan fingerprint density at radius 2 is 1.54 bits per heavy atom. The fourth-order valence-corrected chi connectivity index (χ4v) is 8.85. The molecule has 3 heterocycles. The van der Waals surface area contributed by atoms with Crippen LogP contribution in [0.3, 0.4) is 0 Å². The van der Waals surface area contributed by atoms with Gasteiger partial charge in [0.05, 0.1) is 41.8 Å². The van der Waals surface area contributed by atoms with Crippen LogP contribution in [0, 0.1) is 17.8 Å². The van der Waals surface area contributed by atoms with Gasteiger partial charge in [0.25, 0.3) is 0 Å². The summed E-state index contributed by atoms with van der Waals surface area (Å²) in [5.41, 5.74) is 18.0. The molecule has 9 atom stereocenters. The van der Waals surface area contributed by atoms with E-state index in [2.05, 4.69) is 82.5 Å². The second kappa shape index (κ2) is 21.5. The minimum Gasteiger partial charge on any atom is -0.400 e. The molecule has 2 aromatic carbocycles. The third kappa shape index (κ3) is 10.4. The summed E-state index contributed by atoms with van der Waals surface area (Å²) < 4.78 is 4.75. The zero-order chi connectivity index (χ0) is 41.8. The molecular formula is C44H66N8O5. The number of piperidine rings is 2. The van der Waals surface area contributed by atoms with E-state index < -0.39 is 12.1 Å². The van der Waals surface area contributed by atoms with Gasteiger partial charge < -0.3 is 46.4 Å². The lowest BCUT2D eigenvalue weighted by Crippen LogP contribution is -2.50. The number of amides is 1. The van der Waals surface area contributed by atoms with E-state index in [4.69, 9.17) is 31.4 Å². The van der Waals surface area contributed by atoms with E-state index in [1.807, 2.05) is 31.1 Å². The minimum atomic E-state index is -0.486. The zero-order valence-electron chi connectivity index (χ0n) is 34.8. The molecule has 1 amide bonds. The van der Waals surface area contributed by atoms with Crippen molar-refractivity contribution in [2.75, 3.05) is 34.9 Å². The van der Waals surface area contributed by atoms with Gasteiger partial charge in [0.2, 0.25) is 5.91 Å². The average Bonchev–Trinajstić information content (AvgIpc) is 4.12. The summed E-state index contributed by atoms with van der Waals surface area (Å²) in [5, 5.41) is 17.7. The van der Waals surface area contributed by atoms with Crippen molar-refractivity contribution >= 4 is 24.6 Å². The molecule has 13 nitrogen and oxygen atoms in total. The van der Waals surface area contributed by atoms with Crippen molar-refractivity contribution in [3.05, 3.63) is 72.3 Å². The fraction of sp³-hybridized carbons (Fsp3) is 0.545. The number of H-pyrrole nitrogens is 1. The smallest absolute Gasteiger partial charge is 0.240 e. The van der Waals surface area contributed by atoms with Crippen molar-refractivity contribution < 1.29 is 24.5 Å². The number of nitrogens with two attached hydrogens (primary N) is 2. The molecule has 312 valence electrons. The Morgan fingerprint density at radius 3 is 2.09 bits per heavy atom. The van der Waals surface area contributed by atoms with Gasteiger partial charge >= 0.3 is 0 Å². The van der Waals surface area contributed by atoms with Crippen molar-refractivity contribution in [2.24, 2.45) is 34.2 Å². The van der Waals surface area contributed by atoms with Gasteiger partial charge in [-0.05, 0) is 99.2 Å². The lowest BCUT2D eigenvalue weighted by Gasteiger charge is -2.36. The molecule has 0 spiro atoms. The molecule has 2 saturated heterocycles. The number of benzene rings is 2. The number of likely N-dealkylation sites (tertiary alicyclic amines) is 2. The normalized spacial score (nSPS) is 25.0. The second-order valence-corrected chi connectivity index (χ2v) is 15.7. The lowest BCUT2D eigenvalue weighted by molar-refractivity contribution is -0.138. The van der Waals surface area contributed by atoms with Crippen LogP contribution in [0.5, 0.6) is 0 Å². The van der Waals surface area contributed by atoms with Crippen LogP contribution in [-0.2, 0) is 14.3 Å². The van der Waals surface area contributed by atoms with E-state index in [1.54, 1.807) is 6.92 Å². The number of nitrogens with one attached hydrogen (secondary N) is 2. The number of aldehydes is 1. The Hall–Kier alpha value is -4.24. The average molecular weight is 787 g/mol. The summed E-state index contributed by atoms with van der Waals surface area (Å²) >= 11 is 0. The highest BCUT2D eigenvalue weighted by Gasteiger charge is 2.51. The number of aliphatic hydroxyl groups excluding tert-OH is 2. The van der Waals surface area contributed by atoms with Gasteiger partial charge in [-0.15, -0.1) is 0 Å². The number of carbonyl (C=O) groups excluding carboxylic acids is 2. The second-order valence-electron chi connectivity index (χ2n) is 15.7. The van der Waals surface area contributed by atoms with Crippen LogP contribution < -0.4 is 16.8 Å². The first-order chi connectivity index (χ1) is 27.5. The molecule has 0 radical (unpaired) electrons. The molecule has 8 N–H and O–H groups in total. The topological polar surface area (TPSA) is 195 Å². The third-order valence-corrected chi connectivity index (χ3v) is 12.3. The number of likely N-dealkylation sites (N-methyl/N-ethyl adjacent to an activating group) is 1. The summed E-state index contributed by atoms with van der Waals surface area (Å²) in [7, 11) is 5.80. The maximum atomic E-state index is 13.4. The molecule has 13 heteroatoms. The molecular weight excluding hydrogens is 721 g/mol. The van der Waals surface area contributed by atoms with Crippen molar-refractivity contribution in [3.8, 4) is 22.4 Å². The number of aliphatic imine (C=N–C) groups is 1. The monoisotopic (exact) mass is 787 g/mol. The molecule has 3 aromatic rings. The summed E-state index contributed by atoms with van der Waals surface area (Å²) in [6.07, 6.45) is 11.5. The van der Waals surface area contributed by atoms with Crippen LogP contribution in [0.25, 0.3) is 28.1 Å². The minimum absolute atomic E-state index is 0.0218. The molecule has 7 rings (SSSR count). The lowest BCUT2D eigenvalue weighted by atomic mass is 9.96. The Balaban J connectivity index is 0.000000532. The molecule has 4 aliphatic rings. The first-order valence-corrected chi connectivity index (χ1v) is 20.1. The van der Waals surface area contributed by atoms with Crippen LogP contribution in [-0.4, -0.2) is 120 Å². The van der Waals surface area contributed by atoms with Gasteiger partial charge in [0.1, 0.15) is 12.1 Å². The van der Waals surface area contributed by atoms with Crippen molar-refractivity contribution in [1.29, 1.82) is 0 Å². The number of hydrogen-bond acceptors (Lipinski definition) is 11. The van der Waals surface area contributed by atoms with Gasteiger partial charge in [-0.1, -0.05) is 62.4 Å². The molecule has 4 fully saturated rings. The number of nitrogens with zero attached hydrogens (tertiary/aromatic N) is 4. The van der Waals surface area contributed by atoms with Gasteiger partial charge in [0, 0.05) is 52.2 Å². The van der Waals surface area contributed by atoms with Gasteiger partial charge in [-0.25, -0.2) is 4.98 Å². The molecule has 57 heavy (non-hydrogen) atoms. The number of aliphatic hydroxyl groups is 2. The highest BCUT2D eigenvalue weighted by atomic mass is 16.5. The Kier molecular flexibility index (Phi) is 17.1. The maximum Gasteiger partial charge on any atom is 0.240 e. The van der Waals surface area contributed by atoms with Crippen LogP contribution in [0.2, 0.25) is 0 Å². The van der Waals surface area contributed by atoms with E-state index in [0.29, 0.717) is 18.2 Å². The van der Waals surface area contributed by atoms with Crippen LogP contribution in [0.15, 0.2) is 65.9 Å². The van der Waals surface area contributed by atoms with Crippen molar-refractivity contribution in [2.45, 2.75) is 102 Å². The standard InChI is InChI=1S/C37H47N7O.C5H11NO2.2CH4O/c1-22(2)34(38)37(45)44-30-16-14-28(18-30)35(44)36-41-20-32(42-36)26-11-7-24(8-12-26)23-5-9-25(10-6-23)31(19-39-3)40-21-33-27-13-15-29(17-27)43(33)4;1-4(8-2)5(6)3-7;2*1-2/h5-12,19-20,22,27-30,33-35,40H,3,13-18,21,38H2,1-2,4H3,(H,41,42);3-5H,6H2,1-2H3;2*2H,1H3/b31-19-;;;. The van der Waals surface area contributed by atoms with Gasteiger partial charge in [0.15, 0.2) is 0 Å². The summed E-state index contributed by atoms with van der Waals surface area (Å²) in [5.74, 6) is 2.28. The van der Waals surface area contributed by atoms with E-state index in [0.717, 1.165) is 91.5 Å². The number of carbonyl (C=O) groups is 2. The SMILES string of the molecule is C=N/C=C(\NCC1C2CCC(C2)N1C)c1ccc(-c2ccc(-c3cnc(C4C5CCC(C5)N4C(=O)C(N)C(C)C)[nH]3)cc2)cc1.CO.CO.COC(C)C(N)C=O. The molecule has 2 aliphatic carbocycles. The van der Waals surface area contributed by atoms with Crippen molar-refractivity contribution in [1.82, 2.24) is 25.1 Å². The van der Waals surface area contributed by atoms with E-state index in [9.17, 15) is 9.59 Å².